The monoisotopic (exact) mass is 477 g/mol. The molecule has 1 heterocycles. The van der Waals surface area contributed by atoms with Crippen LogP contribution in [-0.2, 0) is 29.0 Å². The average Bonchev–Trinajstić information content (AvgIpc) is 3.19. The fraction of sp³-hybridized carbons (Fsp3) is 0.308. The lowest BCUT2D eigenvalue weighted by Crippen LogP contribution is -2.19. The van der Waals surface area contributed by atoms with Crippen molar-refractivity contribution in [3.05, 3.63) is 78.1 Å². The highest BCUT2D eigenvalue weighted by molar-refractivity contribution is 7.99. The topological polar surface area (TPSA) is 88.9 Å². The number of anilines is 2. The van der Waals surface area contributed by atoms with Crippen molar-refractivity contribution in [3.63, 3.8) is 0 Å². The molecule has 0 spiro atoms. The van der Waals surface area contributed by atoms with Gasteiger partial charge < -0.3 is 15.2 Å². The smallest absolute Gasteiger partial charge is 0.234 e. The van der Waals surface area contributed by atoms with Gasteiger partial charge in [-0.3, -0.25) is 9.59 Å². The van der Waals surface area contributed by atoms with E-state index in [0.29, 0.717) is 23.4 Å². The molecule has 0 saturated heterocycles. The number of benzene rings is 2. The van der Waals surface area contributed by atoms with Crippen LogP contribution in [0.1, 0.15) is 43.6 Å². The molecule has 34 heavy (non-hydrogen) atoms. The van der Waals surface area contributed by atoms with Crippen LogP contribution >= 0.6 is 11.8 Å². The van der Waals surface area contributed by atoms with Crippen LogP contribution in [-0.4, -0.2) is 32.3 Å². The highest BCUT2D eigenvalue weighted by atomic mass is 32.2. The summed E-state index contributed by atoms with van der Waals surface area (Å²) < 4.78 is 1.81. The molecule has 2 amide bonds. The van der Waals surface area contributed by atoms with Gasteiger partial charge in [0.25, 0.3) is 0 Å². The van der Waals surface area contributed by atoms with Crippen molar-refractivity contribution in [3.8, 4) is 0 Å². The molecule has 3 aromatic rings. The molecule has 1 aromatic heterocycles. The number of hydrogen-bond acceptors (Lipinski definition) is 5. The Morgan fingerprint density at radius 1 is 1.06 bits per heavy atom. The first-order chi connectivity index (χ1) is 16.4. The number of nitrogens with one attached hydrogen (secondary N) is 2. The fourth-order valence-corrected chi connectivity index (χ4v) is 4.20. The van der Waals surface area contributed by atoms with Crippen LogP contribution in [0.25, 0.3) is 0 Å². The van der Waals surface area contributed by atoms with Crippen molar-refractivity contribution in [2.75, 3.05) is 16.4 Å². The lowest BCUT2D eigenvalue weighted by atomic mass is 10.0. The Labute approximate surface area is 205 Å². The summed E-state index contributed by atoms with van der Waals surface area (Å²) in [7, 11) is 0. The molecular formula is C26H31N5O2S. The van der Waals surface area contributed by atoms with Crippen molar-refractivity contribution in [1.29, 1.82) is 0 Å². The van der Waals surface area contributed by atoms with Crippen LogP contribution in [0, 0.1) is 0 Å². The summed E-state index contributed by atoms with van der Waals surface area (Å²) in [6.07, 6.45) is 2.62. The molecule has 0 unspecified atom stereocenters. The van der Waals surface area contributed by atoms with Crippen LogP contribution in [0.15, 0.2) is 66.3 Å². The van der Waals surface area contributed by atoms with Crippen LogP contribution in [0.2, 0.25) is 0 Å². The number of amides is 2. The molecule has 7 nitrogen and oxygen atoms in total. The molecule has 2 aromatic carbocycles. The molecule has 0 saturated carbocycles. The number of nitrogens with zero attached hydrogens (tertiary/aromatic N) is 3. The summed E-state index contributed by atoms with van der Waals surface area (Å²) in [6.45, 7) is 10.5. The molecule has 0 radical (unpaired) electrons. The van der Waals surface area contributed by atoms with Gasteiger partial charge in [-0.15, -0.1) is 16.8 Å². The highest BCUT2D eigenvalue weighted by Gasteiger charge is 2.17. The summed E-state index contributed by atoms with van der Waals surface area (Å²) in [5, 5.41) is 14.8. The minimum absolute atomic E-state index is 0.0772. The quantitative estimate of drug-likeness (QED) is 0.298. The molecule has 0 aliphatic heterocycles. The number of hydrogen-bond donors (Lipinski definition) is 2. The molecular weight excluding hydrogens is 446 g/mol. The van der Waals surface area contributed by atoms with Crippen LogP contribution in [0.5, 0.6) is 0 Å². The highest BCUT2D eigenvalue weighted by Crippen LogP contribution is 2.21. The van der Waals surface area contributed by atoms with Crippen LogP contribution in [0.4, 0.5) is 11.4 Å². The molecule has 3 rings (SSSR count). The van der Waals surface area contributed by atoms with Gasteiger partial charge >= 0.3 is 0 Å². The number of carbonyl (C=O) groups excluding carboxylic acids is 2. The van der Waals surface area contributed by atoms with E-state index in [-0.39, 0.29) is 24.0 Å². The van der Waals surface area contributed by atoms with Gasteiger partial charge in [0.15, 0.2) is 5.16 Å². The third kappa shape index (κ3) is 6.81. The van der Waals surface area contributed by atoms with Gasteiger partial charge in [-0.1, -0.05) is 68.9 Å². The number of aromatic nitrogens is 3. The Hall–Kier alpha value is -3.39. The Bertz CT molecular complexity index is 1140. The summed E-state index contributed by atoms with van der Waals surface area (Å²) in [5.74, 6) is 0.841. The molecule has 0 atom stereocenters. The van der Waals surface area contributed by atoms with Crippen molar-refractivity contribution < 1.29 is 9.59 Å². The molecule has 178 valence electrons. The van der Waals surface area contributed by atoms with Crippen LogP contribution in [0.3, 0.4) is 0 Å². The van der Waals surface area contributed by atoms with E-state index in [1.54, 1.807) is 6.08 Å². The maximum atomic E-state index is 12.7. The average molecular weight is 478 g/mol. The maximum absolute atomic E-state index is 12.7. The maximum Gasteiger partial charge on any atom is 0.234 e. The van der Waals surface area contributed by atoms with Crippen LogP contribution < -0.4 is 10.6 Å². The van der Waals surface area contributed by atoms with Gasteiger partial charge in [0.05, 0.1) is 12.2 Å². The van der Waals surface area contributed by atoms with E-state index in [0.717, 1.165) is 23.4 Å². The SMILES string of the molecule is C=CCn1c(CC(=O)Nc2ccccc2CC)nnc1SCC(=O)Nc1ccc(C(C)C)cc1. The lowest BCUT2D eigenvalue weighted by molar-refractivity contribution is -0.116. The van der Waals surface area contributed by atoms with E-state index in [2.05, 4.69) is 41.3 Å². The number of allylic oxidation sites excluding steroid dienone is 1. The van der Waals surface area contributed by atoms with E-state index >= 15 is 0 Å². The predicted octanol–water partition coefficient (Wildman–Crippen LogP) is 5.06. The van der Waals surface area contributed by atoms with E-state index in [4.69, 9.17) is 0 Å². The summed E-state index contributed by atoms with van der Waals surface area (Å²) >= 11 is 1.28. The van der Waals surface area contributed by atoms with Gasteiger partial charge in [-0.2, -0.15) is 0 Å². The first kappa shape index (κ1) is 25.2. The van der Waals surface area contributed by atoms with E-state index in [1.807, 2.05) is 60.0 Å². The Balaban J connectivity index is 1.61. The Morgan fingerprint density at radius 3 is 2.47 bits per heavy atom. The van der Waals surface area contributed by atoms with Crippen molar-refractivity contribution >= 4 is 35.0 Å². The number of rotatable bonds is 11. The van der Waals surface area contributed by atoms with Gasteiger partial charge in [0.1, 0.15) is 5.82 Å². The Morgan fingerprint density at radius 2 is 1.79 bits per heavy atom. The molecule has 0 aliphatic rings. The molecule has 8 heteroatoms. The first-order valence-electron chi connectivity index (χ1n) is 11.3. The second kappa shape index (κ2) is 12.2. The normalized spacial score (nSPS) is 10.8. The van der Waals surface area contributed by atoms with Gasteiger partial charge in [0, 0.05) is 17.9 Å². The second-order valence-electron chi connectivity index (χ2n) is 8.15. The standard InChI is InChI=1S/C26H31N5O2S/c1-5-15-31-23(16-24(32)28-22-10-8-7-9-19(22)6-2)29-30-26(31)34-17-25(33)27-21-13-11-20(12-14-21)18(3)4/h5,7-14,18H,1,6,15-17H2,2-4H3,(H,27,33)(H,28,32). The van der Waals surface area contributed by atoms with Gasteiger partial charge in [-0.25, -0.2) is 0 Å². The number of para-hydroxylation sites is 1. The first-order valence-corrected chi connectivity index (χ1v) is 12.3. The third-order valence-corrected chi connectivity index (χ3v) is 6.26. The summed E-state index contributed by atoms with van der Waals surface area (Å²) in [4.78, 5) is 25.1. The lowest BCUT2D eigenvalue weighted by Gasteiger charge is -2.11. The zero-order chi connectivity index (χ0) is 24.5. The summed E-state index contributed by atoms with van der Waals surface area (Å²) in [6, 6.07) is 15.6. The molecule has 0 bridgehead atoms. The molecule has 0 fully saturated rings. The number of aryl methyl sites for hydroxylation is 1. The van der Waals surface area contributed by atoms with Gasteiger partial charge in [-0.05, 0) is 41.7 Å². The van der Waals surface area contributed by atoms with Crippen molar-refractivity contribution in [1.82, 2.24) is 14.8 Å². The minimum Gasteiger partial charge on any atom is -0.325 e. The van der Waals surface area contributed by atoms with Gasteiger partial charge in [0.2, 0.25) is 11.8 Å². The van der Waals surface area contributed by atoms with Crippen molar-refractivity contribution in [2.45, 2.75) is 51.2 Å². The number of thioether (sulfide) groups is 1. The molecule has 0 aliphatic carbocycles. The zero-order valence-electron chi connectivity index (χ0n) is 19.9. The van der Waals surface area contributed by atoms with E-state index < -0.39 is 0 Å². The largest absolute Gasteiger partial charge is 0.325 e. The third-order valence-electron chi connectivity index (χ3n) is 5.29. The number of carbonyl (C=O) groups is 2. The second-order valence-corrected chi connectivity index (χ2v) is 9.09. The fourth-order valence-electron chi connectivity index (χ4n) is 3.44. The Kier molecular flexibility index (Phi) is 9.04. The summed E-state index contributed by atoms with van der Waals surface area (Å²) in [5.41, 5.74) is 3.86. The van der Waals surface area contributed by atoms with E-state index in [1.165, 1.54) is 17.3 Å². The van der Waals surface area contributed by atoms with Crippen molar-refractivity contribution in [2.24, 2.45) is 0 Å². The minimum atomic E-state index is -0.169. The zero-order valence-corrected chi connectivity index (χ0v) is 20.7. The molecule has 2 N–H and O–H groups in total. The predicted molar refractivity (Wildman–Crippen MR) is 138 cm³/mol. The van der Waals surface area contributed by atoms with E-state index in [9.17, 15) is 9.59 Å².